The number of rotatable bonds is 1. The van der Waals surface area contributed by atoms with Crippen molar-refractivity contribution in [1.29, 1.82) is 0 Å². The standard InChI is InChI=1S/C11H11ClFNO2/c12-9-2-1-7(5-10(9)13)11(16)14-4-3-8(15)6-14/h1-2,5,8,15H,3-4,6H2/t8-/m0/s1. The molecule has 1 aromatic rings. The van der Waals surface area contributed by atoms with Crippen molar-refractivity contribution in [2.45, 2.75) is 12.5 Å². The van der Waals surface area contributed by atoms with Gasteiger partial charge in [-0.05, 0) is 24.6 Å². The Morgan fingerprint density at radius 2 is 2.31 bits per heavy atom. The molecule has 1 aliphatic rings. The molecule has 86 valence electrons. The van der Waals surface area contributed by atoms with Gasteiger partial charge >= 0.3 is 0 Å². The highest BCUT2D eigenvalue weighted by Gasteiger charge is 2.25. The Balaban J connectivity index is 2.18. The van der Waals surface area contributed by atoms with Crippen LogP contribution < -0.4 is 0 Å². The molecule has 1 aromatic carbocycles. The van der Waals surface area contributed by atoms with Crippen molar-refractivity contribution in [2.75, 3.05) is 13.1 Å². The van der Waals surface area contributed by atoms with E-state index in [0.29, 0.717) is 19.5 Å². The van der Waals surface area contributed by atoms with E-state index in [2.05, 4.69) is 0 Å². The molecule has 1 saturated heterocycles. The first-order valence-corrected chi connectivity index (χ1v) is 5.38. The van der Waals surface area contributed by atoms with Crippen LogP contribution in [0.4, 0.5) is 4.39 Å². The number of carbonyl (C=O) groups excluding carboxylic acids is 1. The molecule has 0 aromatic heterocycles. The van der Waals surface area contributed by atoms with Gasteiger partial charge in [-0.3, -0.25) is 4.79 Å². The molecule has 1 fully saturated rings. The average molecular weight is 244 g/mol. The number of hydrogen-bond donors (Lipinski definition) is 1. The predicted octanol–water partition coefficient (Wildman–Crippen LogP) is 1.69. The maximum absolute atomic E-state index is 13.2. The minimum absolute atomic E-state index is 0.00185. The lowest BCUT2D eigenvalue weighted by molar-refractivity contribution is 0.0764. The van der Waals surface area contributed by atoms with E-state index in [4.69, 9.17) is 11.6 Å². The molecule has 3 nitrogen and oxygen atoms in total. The van der Waals surface area contributed by atoms with Crippen molar-refractivity contribution in [3.05, 3.63) is 34.6 Å². The summed E-state index contributed by atoms with van der Waals surface area (Å²) in [4.78, 5) is 13.4. The van der Waals surface area contributed by atoms with Crippen LogP contribution in [-0.2, 0) is 0 Å². The molecular weight excluding hydrogens is 233 g/mol. The minimum Gasteiger partial charge on any atom is -0.391 e. The summed E-state index contributed by atoms with van der Waals surface area (Å²) in [5.41, 5.74) is 0.260. The summed E-state index contributed by atoms with van der Waals surface area (Å²) in [5.74, 6) is -0.876. The second-order valence-corrected chi connectivity index (χ2v) is 4.23. The van der Waals surface area contributed by atoms with E-state index < -0.39 is 11.9 Å². The first-order valence-electron chi connectivity index (χ1n) is 5.00. The molecule has 0 bridgehead atoms. The lowest BCUT2D eigenvalue weighted by atomic mass is 10.2. The summed E-state index contributed by atoms with van der Waals surface area (Å²) < 4.78 is 13.2. The Bertz CT molecular complexity index is 424. The van der Waals surface area contributed by atoms with Gasteiger partial charge in [-0.15, -0.1) is 0 Å². The first-order chi connectivity index (χ1) is 7.58. The first kappa shape index (κ1) is 11.4. The van der Waals surface area contributed by atoms with Crippen LogP contribution in [0, 0.1) is 5.82 Å². The zero-order chi connectivity index (χ0) is 11.7. The molecule has 0 radical (unpaired) electrons. The number of nitrogens with zero attached hydrogens (tertiary/aromatic N) is 1. The van der Waals surface area contributed by atoms with Gasteiger partial charge < -0.3 is 10.0 Å². The molecule has 0 unspecified atom stereocenters. The SMILES string of the molecule is O=C(c1ccc(Cl)c(F)c1)N1CC[C@H](O)C1. The van der Waals surface area contributed by atoms with Crippen LogP contribution >= 0.6 is 11.6 Å². The molecule has 1 amide bonds. The van der Waals surface area contributed by atoms with Crippen molar-refractivity contribution < 1.29 is 14.3 Å². The fourth-order valence-corrected chi connectivity index (χ4v) is 1.86. The van der Waals surface area contributed by atoms with Crippen molar-refractivity contribution in [1.82, 2.24) is 4.90 Å². The number of aliphatic hydroxyl groups excluding tert-OH is 1. The van der Waals surface area contributed by atoms with Gasteiger partial charge in [0.2, 0.25) is 0 Å². The molecule has 2 rings (SSSR count). The predicted molar refractivity (Wildman–Crippen MR) is 57.9 cm³/mol. The maximum Gasteiger partial charge on any atom is 0.254 e. The third-order valence-electron chi connectivity index (χ3n) is 2.62. The minimum atomic E-state index is -0.604. The normalized spacial score (nSPS) is 20.2. The Kier molecular flexibility index (Phi) is 3.12. The lowest BCUT2D eigenvalue weighted by Gasteiger charge is -2.15. The fourth-order valence-electron chi connectivity index (χ4n) is 1.74. The van der Waals surface area contributed by atoms with Gasteiger partial charge in [0.1, 0.15) is 5.82 Å². The molecule has 16 heavy (non-hydrogen) atoms. The molecule has 5 heteroatoms. The van der Waals surface area contributed by atoms with E-state index in [1.54, 1.807) is 0 Å². The monoisotopic (exact) mass is 243 g/mol. The molecule has 1 heterocycles. The molecule has 0 spiro atoms. The highest BCUT2D eigenvalue weighted by Crippen LogP contribution is 2.18. The number of benzene rings is 1. The van der Waals surface area contributed by atoms with Crippen molar-refractivity contribution in [3.63, 3.8) is 0 Å². The molecule has 0 aliphatic carbocycles. The van der Waals surface area contributed by atoms with Crippen molar-refractivity contribution in [3.8, 4) is 0 Å². The number of amides is 1. The lowest BCUT2D eigenvalue weighted by Crippen LogP contribution is -2.29. The maximum atomic E-state index is 13.2. The summed E-state index contributed by atoms with van der Waals surface area (Å²) in [6, 6.07) is 3.96. The van der Waals surface area contributed by atoms with Gasteiger partial charge in [0.15, 0.2) is 0 Å². The smallest absolute Gasteiger partial charge is 0.254 e. The van der Waals surface area contributed by atoms with E-state index in [-0.39, 0.29) is 16.5 Å². The molecule has 1 atom stereocenters. The van der Waals surface area contributed by atoms with Crippen LogP contribution in [0.15, 0.2) is 18.2 Å². The summed E-state index contributed by atoms with van der Waals surface area (Å²) in [6.45, 7) is 0.813. The zero-order valence-corrected chi connectivity index (χ0v) is 9.25. The summed E-state index contributed by atoms with van der Waals surface area (Å²) in [7, 11) is 0. The van der Waals surface area contributed by atoms with E-state index in [0.717, 1.165) is 6.07 Å². The Hall–Kier alpha value is -1.13. The summed E-state index contributed by atoms with van der Waals surface area (Å²) >= 11 is 5.53. The van der Waals surface area contributed by atoms with E-state index in [1.165, 1.54) is 17.0 Å². The Labute approximate surface area is 97.4 Å². The second-order valence-electron chi connectivity index (χ2n) is 3.82. The van der Waals surface area contributed by atoms with Crippen LogP contribution in [0.3, 0.4) is 0 Å². The van der Waals surface area contributed by atoms with Gasteiger partial charge in [0.05, 0.1) is 11.1 Å². The highest BCUT2D eigenvalue weighted by molar-refractivity contribution is 6.30. The second kappa shape index (κ2) is 4.39. The van der Waals surface area contributed by atoms with Crippen molar-refractivity contribution >= 4 is 17.5 Å². The number of β-amino-alcohol motifs (C(OH)–C–C–N with tert-alkyl or cyclic N) is 1. The topological polar surface area (TPSA) is 40.5 Å². The number of carbonyl (C=O) groups is 1. The van der Waals surface area contributed by atoms with Crippen LogP contribution in [0.25, 0.3) is 0 Å². The van der Waals surface area contributed by atoms with Crippen LogP contribution in [-0.4, -0.2) is 35.1 Å². The van der Waals surface area contributed by atoms with Gasteiger partial charge in [-0.1, -0.05) is 11.6 Å². The van der Waals surface area contributed by atoms with Gasteiger partial charge in [-0.2, -0.15) is 0 Å². The molecular formula is C11H11ClFNO2. The quantitative estimate of drug-likeness (QED) is 0.815. The van der Waals surface area contributed by atoms with Crippen LogP contribution in [0.2, 0.25) is 5.02 Å². The Morgan fingerprint density at radius 3 is 2.88 bits per heavy atom. The van der Waals surface area contributed by atoms with E-state index >= 15 is 0 Å². The largest absolute Gasteiger partial charge is 0.391 e. The highest BCUT2D eigenvalue weighted by atomic mass is 35.5. The number of aliphatic hydroxyl groups is 1. The number of likely N-dealkylation sites (tertiary alicyclic amines) is 1. The molecule has 1 N–H and O–H groups in total. The van der Waals surface area contributed by atoms with Crippen molar-refractivity contribution in [2.24, 2.45) is 0 Å². The van der Waals surface area contributed by atoms with E-state index in [9.17, 15) is 14.3 Å². The Morgan fingerprint density at radius 1 is 1.56 bits per heavy atom. The summed E-state index contributed by atoms with van der Waals surface area (Å²) in [5, 5.41) is 9.30. The van der Waals surface area contributed by atoms with Crippen LogP contribution in [0.1, 0.15) is 16.8 Å². The van der Waals surface area contributed by atoms with Gasteiger partial charge in [0.25, 0.3) is 5.91 Å². The summed E-state index contributed by atoms with van der Waals surface area (Å²) in [6.07, 6.45) is 0.100. The molecule has 1 aliphatic heterocycles. The van der Waals surface area contributed by atoms with Gasteiger partial charge in [-0.25, -0.2) is 4.39 Å². The van der Waals surface area contributed by atoms with Crippen LogP contribution in [0.5, 0.6) is 0 Å². The fraction of sp³-hybridized carbons (Fsp3) is 0.364. The number of hydrogen-bond acceptors (Lipinski definition) is 2. The third kappa shape index (κ3) is 2.18. The average Bonchev–Trinajstić information content (AvgIpc) is 2.68. The number of halogens is 2. The third-order valence-corrected chi connectivity index (χ3v) is 2.92. The van der Waals surface area contributed by atoms with E-state index in [1.807, 2.05) is 0 Å². The van der Waals surface area contributed by atoms with Gasteiger partial charge in [0, 0.05) is 18.7 Å². The molecule has 0 saturated carbocycles. The zero-order valence-electron chi connectivity index (χ0n) is 8.49.